The molecular weight excluding hydrogens is 273 g/mol. The fraction of sp³-hybridized carbons (Fsp3) is 0.400. The first-order chi connectivity index (χ1) is 9.81. The molecule has 1 aromatic carbocycles. The SMILES string of the molecule is Fc1cccc(-n2cc(CN[C@@H]3CCCSC3)cn2)c1. The Bertz CT molecular complexity index is 564. The van der Waals surface area contributed by atoms with Crippen LogP contribution < -0.4 is 5.32 Å². The largest absolute Gasteiger partial charge is 0.309 e. The van der Waals surface area contributed by atoms with Crippen molar-refractivity contribution >= 4 is 11.8 Å². The maximum atomic E-state index is 13.2. The van der Waals surface area contributed by atoms with Gasteiger partial charge in [-0.2, -0.15) is 16.9 Å². The second kappa shape index (κ2) is 6.41. The van der Waals surface area contributed by atoms with Crippen LogP contribution in [0.1, 0.15) is 18.4 Å². The molecule has 1 saturated heterocycles. The second-order valence-corrected chi connectivity index (χ2v) is 6.22. The van der Waals surface area contributed by atoms with Gasteiger partial charge in [0, 0.05) is 30.1 Å². The van der Waals surface area contributed by atoms with E-state index in [-0.39, 0.29) is 5.82 Å². The molecule has 1 atom stereocenters. The summed E-state index contributed by atoms with van der Waals surface area (Å²) in [5, 5.41) is 7.86. The third-order valence-corrected chi connectivity index (χ3v) is 4.68. The molecule has 1 fully saturated rings. The lowest BCUT2D eigenvalue weighted by Crippen LogP contribution is -2.33. The summed E-state index contributed by atoms with van der Waals surface area (Å²) in [5.41, 5.74) is 1.88. The lowest BCUT2D eigenvalue weighted by molar-refractivity contribution is 0.507. The van der Waals surface area contributed by atoms with E-state index < -0.39 is 0 Å². The third-order valence-electron chi connectivity index (χ3n) is 3.46. The Morgan fingerprint density at radius 1 is 1.45 bits per heavy atom. The molecule has 3 nitrogen and oxygen atoms in total. The van der Waals surface area contributed by atoms with Gasteiger partial charge in [0.2, 0.25) is 0 Å². The highest BCUT2D eigenvalue weighted by Gasteiger charge is 2.13. The minimum absolute atomic E-state index is 0.239. The van der Waals surface area contributed by atoms with Crippen molar-refractivity contribution in [3.8, 4) is 5.69 Å². The number of halogens is 1. The molecule has 0 amide bonds. The summed E-state index contributed by atoms with van der Waals surface area (Å²) in [6.07, 6.45) is 6.35. The van der Waals surface area contributed by atoms with Crippen LogP contribution in [0.25, 0.3) is 5.69 Å². The highest BCUT2D eigenvalue weighted by molar-refractivity contribution is 7.99. The number of nitrogens with zero attached hydrogens (tertiary/aromatic N) is 2. The molecule has 0 saturated carbocycles. The number of benzene rings is 1. The molecular formula is C15H18FN3S. The topological polar surface area (TPSA) is 29.9 Å². The zero-order valence-electron chi connectivity index (χ0n) is 11.3. The monoisotopic (exact) mass is 291 g/mol. The van der Waals surface area contributed by atoms with Crippen molar-refractivity contribution in [1.29, 1.82) is 0 Å². The van der Waals surface area contributed by atoms with E-state index in [0.717, 1.165) is 17.8 Å². The van der Waals surface area contributed by atoms with Gasteiger partial charge in [0.1, 0.15) is 5.82 Å². The Morgan fingerprint density at radius 3 is 3.20 bits per heavy atom. The third kappa shape index (κ3) is 3.41. The quantitative estimate of drug-likeness (QED) is 0.939. The fourth-order valence-corrected chi connectivity index (χ4v) is 3.48. The number of rotatable bonds is 4. The molecule has 1 N–H and O–H groups in total. The van der Waals surface area contributed by atoms with Crippen molar-refractivity contribution in [2.24, 2.45) is 0 Å². The van der Waals surface area contributed by atoms with Crippen LogP contribution in [0.5, 0.6) is 0 Å². The first-order valence-electron chi connectivity index (χ1n) is 6.92. The van der Waals surface area contributed by atoms with Crippen molar-refractivity contribution < 1.29 is 4.39 Å². The minimum Gasteiger partial charge on any atom is -0.309 e. The van der Waals surface area contributed by atoms with Gasteiger partial charge in [0.25, 0.3) is 0 Å². The minimum atomic E-state index is -0.239. The molecule has 0 unspecified atom stereocenters. The fourth-order valence-electron chi connectivity index (χ4n) is 2.38. The Labute approximate surface area is 122 Å². The average Bonchev–Trinajstić information content (AvgIpc) is 2.95. The number of hydrogen-bond donors (Lipinski definition) is 1. The molecule has 1 aliphatic rings. The highest BCUT2D eigenvalue weighted by atomic mass is 32.2. The Kier molecular flexibility index (Phi) is 4.38. The maximum Gasteiger partial charge on any atom is 0.125 e. The van der Waals surface area contributed by atoms with Gasteiger partial charge in [-0.3, -0.25) is 0 Å². The molecule has 3 rings (SSSR count). The van der Waals surface area contributed by atoms with Gasteiger partial charge < -0.3 is 5.32 Å². The zero-order chi connectivity index (χ0) is 13.8. The van der Waals surface area contributed by atoms with Crippen LogP contribution in [0.2, 0.25) is 0 Å². The van der Waals surface area contributed by atoms with Crippen LogP contribution in [0, 0.1) is 5.82 Å². The summed E-state index contributed by atoms with van der Waals surface area (Å²) in [7, 11) is 0. The van der Waals surface area contributed by atoms with E-state index in [1.807, 2.05) is 30.2 Å². The molecule has 0 aliphatic carbocycles. The predicted octanol–water partition coefficient (Wildman–Crippen LogP) is 3.00. The van der Waals surface area contributed by atoms with Crippen LogP contribution in [0.4, 0.5) is 4.39 Å². The molecule has 1 aromatic heterocycles. The summed E-state index contributed by atoms with van der Waals surface area (Å²) < 4.78 is 14.9. The van der Waals surface area contributed by atoms with Gasteiger partial charge in [-0.1, -0.05) is 6.07 Å². The van der Waals surface area contributed by atoms with E-state index >= 15 is 0 Å². The van der Waals surface area contributed by atoms with Crippen LogP contribution >= 0.6 is 11.8 Å². The van der Waals surface area contributed by atoms with E-state index in [2.05, 4.69) is 10.4 Å². The van der Waals surface area contributed by atoms with Crippen LogP contribution in [-0.2, 0) is 6.54 Å². The lowest BCUT2D eigenvalue weighted by atomic mass is 10.2. The second-order valence-electron chi connectivity index (χ2n) is 5.07. The van der Waals surface area contributed by atoms with E-state index in [1.54, 1.807) is 10.7 Å². The van der Waals surface area contributed by atoms with Crippen LogP contribution in [0.3, 0.4) is 0 Å². The van der Waals surface area contributed by atoms with E-state index in [9.17, 15) is 4.39 Å². The summed E-state index contributed by atoms with van der Waals surface area (Å²) in [4.78, 5) is 0. The molecule has 2 heterocycles. The maximum absolute atomic E-state index is 13.2. The summed E-state index contributed by atoms with van der Waals surface area (Å²) in [5.74, 6) is 2.24. The van der Waals surface area contributed by atoms with Crippen molar-refractivity contribution in [1.82, 2.24) is 15.1 Å². The smallest absolute Gasteiger partial charge is 0.125 e. The number of hydrogen-bond acceptors (Lipinski definition) is 3. The van der Waals surface area contributed by atoms with Gasteiger partial charge in [-0.05, 0) is 36.8 Å². The van der Waals surface area contributed by atoms with Gasteiger partial charge in [-0.25, -0.2) is 9.07 Å². The van der Waals surface area contributed by atoms with Crippen LogP contribution in [0.15, 0.2) is 36.7 Å². The van der Waals surface area contributed by atoms with Crippen molar-refractivity contribution in [3.05, 3.63) is 48.0 Å². The molecule has 106 valence electrons. The predicted molar refractivity (Wildman–Crippen MR) is 80.7 cm³/mol. The molecule has 1 aliphatic heterocycles. The Balaban J connectivity index is 1.61. The van der Waals surface area contributed by atoms with Gasteiger partial charge in [0.05, 0.1) is 11.9 Å². The molecule has 20 heavy (non-hydrogen) atoms. The van der Waals surface area contributed by atoms with Gasteiger partial charge in [-0.15, -0.1) is 0 Å². The van der Waals surface area contributed by atoms with Crippen molar-refractivity contribution in [2.75, 3.05) is 11.5 Å². The van der Waals surface area contributed by atoms with Crippen molar-refractivity contribution in [2.45, 2.75) is 25.4 Å². The lowest BCUT2D eigenvalue weighted by Gasteiger charge is -2.22. The molecule has 5 heteroatoms. The number of nitrogens with one attached hydrogen (secondary N) is 1. The summed E-state index contributed by atoms with van der Waals surface area (Å²) >= 11 is 2.02. The Morgan fingerprint density at radius 2 is 2.40 bits per heavy atom. The first-order valence-corrected chi connectivity index (χ1v) is 8.07. The first kappa shape index (κ1) is 13.6. The summed E-state index contributed by atoms with van der Waals surface area (Å²) in [6.45, 7) is 0.820. The van der Waals surface area contributed by atoms with Crippen LogP contribution in [-0.4, -0.2) is 27.3 Å². The zero-order valence-corrected chi connectivity index (χ0v) is 12.1. The number of thioether (sulfide) groups is 1. The van der Waals surface area contributed by atoms with Crippen molar-refractivity contribution in [3.63, 3.8) is 0 Å². The molecule has 0 radical (unpaired) electrons. The van der Waals surface area contributed by atoms with E-state index in [4.69, 9.17) is 0 Å². The molecule has 0 bridgehead atoms. The van der Waals surface area contributed by atoms with Gasteiger partial charge >= 0.3 is 0 Å². The Hall–Kier alpha value is -1.33. The average molecular weight is 291 g/mol. The van der Waals surface area contributed by atoms with E-state index in [1.165, 1.54) is 36.5 Å². The standard InChI is InChI=1S/C15H18FN3S/c16-13-3-1-5-15(7-13)19-10-12(9-18-19)8-17-14-4-2-6-20-11-14/h1,3,5,7,9-10,14,17H,2,4,6,8,11H2/t14-/m1/s1. The number of aromatic nitrogens is 2. The highest BCUT2D eigenvalue weighted by Crippen LogP contribution is 2.17. The molecule has 0 spiro atoms. The molecule has 2 aromatic rings. The van der Waals surface area contributed by atoms with Gasteiger partial charge in [0.15, 0.2) is 0 Å². The summed E-state index contributed by atoms with van der Waals surface area (Å²) in [6, 6.07) is 7.08. The normalized spacial score (nSPS) is 19.1. The van der Waals surface area contributed by atoms with E-state index in [0.29, 0.717) is 6.04 Å².